The van der Waals surface area contributed by atoms with Crippen molar-refractivity contribution < 1.29 is 55.9 Å². The number of halogens is 3. The van der Waals surface area contributed by atoms with Gasteiger partial charge in [0, 0.05) is 11.1 Å². The minimum atomic E-state index is -0.733. The summed E-state index contributed by atoms with van der Waals surface area (Å²) in [7, 11) is 5.09. The minimum Gasteiger partial charge on any atom is -0.854 e. The number of nitrogens with two attached hydrogens (primary N) is 2. The summed E-state index contributed by atoms with van der Waals surface area (Å²) in [5.74, 6) is -2.53. The monoisotopic (exact) mass is 1090 g/mol. The van der Waals surface area contributed by atoms with E-state index in [0.717, 1.165) is 17.4 Å². The first-order chi connectivity index (χ1) is 34.4. The molecule has 73 heavy (non-hydrogen) atoms. The van der Waals surface area contributed by atoms with E-state index in [9.17, 15) is 32.7 Å². The smallest absolute Gasteiger partial charge is 0.414 e. The Hall–Kier alpha value is -7.34. The van der Waals surface area contributed by atoms with Gasteiger partial charge in [0.2, 0.25) is 5.13 Å². The van der Waals surface area contributed by atoms with Crippen molar-refractivity contribution in [1.29, 1.82) is 0 Å². The van der Waals surface area contributed by atoms with Gasteiger partial charge in [-0.2, -0.15) is 0 Å². The Morgan fingerprint density at radius 1 is 0.685 bits per heavy atom. The molecule has 5 heterocycles. The van der Waals surface area contributed by atoms with Crippen LogP contribution in [-0.4, -0.2) is 143 Å². The second-order valence-electron chi connectivity index (χ2n) is 16.9. The highest BCUT2D eigenvalue weighted by Gasteiger charge is 2.35. The number of amides is 3. The van der Waals surface area contributed by atoms with Crippen molar-refractivity contribution in [3.63, 3.8) is 0 Å². The summed E-state index contributed by atoms with van der Waals surface area (Å²) >= 11 is 15.9. The highest BCUT2D eigenvalue weighted by Crippen LogP contribution is 2.32. The summed E-state index contributed by atoms with van der Waals surface area (Å²) in [6, 6.07) is 12.5. The van der Waals surface area contributed by atoms with Gasteiger partial charge in [0.25, 0.3) is 5.89 Å². The third-order valence-electron chi connectivity index (χ3n) is 10.1. The van der Waals surface area contributed by atoms with Crippen LogP contribution in [0.5, 0.6) is 0 Å². The van der Waals surface area contributed by atoms with E-state index in [2.05, 4.69) is 41.4 Å². The van der Waals surface area contributed by atoms with Crippen molar-refractivity contribution in [2.24, 2.45) is 5.10 Å². The number of hydrogen-bond donors (Lipinski definition) is 5. The number of carbonyl (C=O) groups excluding carboxylic acids is 3. The lowest BCUT2D eigenvalue weighted by molar-refractivity contribution is -0.878. The number of hydrogen-bond acceptors (Lipinski definition) is 19. The van der Waals surface area contributed by atoms with E-state index in [-0.39, 0.29) is 63.2 Å². The number of benzene rings is 3. The fourth-order valence-corrected chi connectivity index (χ4v) is 7.72. The number of carbonyl (C=O) groups is 3. The molecule has 29 heteroatoms. The maximum atomic E-state index is 14.4. The zero-order chi connectivity index (χ0) is 53.3. The van der Waals surface area contributed by atoms with Crippen molar-refractivity contribution in [2.75, 3.05) is 86.6 Å². The average molecular weight is 1090 g/mol. The first kappa shape index (κ1) is 55.0. The highest BCUT2D eigenvalue weighted by atomic mass is 32.1. The van der Waals surface area contributed by atoms with Crippen LogP contribution in [0.3, 0.4) is 0 Å². The SMILES string of the molecule is CC(=S)NC[C@H]1CN(c2ccc(-c3nnc(N)o3)c(F)c2)C(=O)O1.CC(=S)NC[C@H]1CN(c2ccc(-c3nnc(N)s3)c(F)c2)C(=O)O1.CC(=S)NC[C@H]1CN(c2ccc(C([O-])=N[N+](C)(C)C)c(F)c2)C(=O)O1. The molecule has 0 saturated carbocycles. The second kappa shape index (κ2) is 23.9. The summed E-state index contributed by atoms with van der Waals surface area (Å²) in [6.45, 7) is 7.31. The quantitative estimate of drug-likeness (QED) is 0.0266. The van der Waals surface area contributed by atoms with Crippen molar-refractivity contribution in [2.45, 2.75) is 39.1 Å². The Kier molecular flexibility index (Phi) is 18.0. The van der Waals surface area contributed by atoms with Crippen LogP contribution in [0, 0.1) is 17.5 Å². The predicted octanol–water partition coefficient (Wildman–Crippen LogP) is 4.72. The Morgan fingerprint density at radius 2 is 1.11 bits per heavy atom. The average Bonchev–Trinajstić information content (AvgIpc) is 4.16. The molecule has 388 valence electrons. The van der Waals surface area contributed by atoms with E-state index in [1.807, 2.05) is 0 Å². The van der Waals surface area contributed by atoms with Gasteiger partial charge in [-0.25, -0.2) is 32.1 Å². The van der Waals surface area contributed by atoms with Crippen molar-refractivity contribution in [3.05, 3.63) is 77.6 Å². The molecule has 3 atom stereocenters. The van der Waals surface area contributed by atoms with Gasteiger partial charge in [-0.15, -0.1) is 15.3 Å². The van der Waals surface area contributed by atoms with Crippen LogP contribution in [-0.2, 0) is 14.2 Å². The van der Waals surface area contributed by atoms with Gasteiger partial charge < -0.3 is 51.2 Å². The molecule has 7 N–H and O–H groups in total. The zero-order valence-electron chi connectivity index (χ0n) is 39.9. The topological polar surface area (TPSA) is 277 Å². The molecule has 3 aliphatic heterocycles. The standard InChI is InChI=1S/C16H21FN4O3S.C14H14FN5O3S.C14H14FN5O2S2/c1-10(25)18-8-12-9-20(16(23)24-12)11-5-6-13(14(17)7-11)15(22)19-21(2,3)4;1-7(24)17-5-9-6-20(14(21)22-9)8-2-3-10(11(15)4-8)12-18-19-13(16)23-12;1-7(23)17-5-9-6-20(14(21)22-9)8-2-3-10(11(15)4-8)12-18-19-13(16)24-12/h5-7,12H,8-9H2,1-4H3,(H-,18,19,22,25);2-4,9H,5-6H2,1H3,(H2,16,19)(H,17,24);2-4,9H,5-6H2,1H3,(H2,16,19)(H,17,23)/t12-;2*9-/m000/s1. The molecule has 0 radical (unpaired) electrons. The molecule has 8 rings (SSSR count). The lowest BCUT2D eigenvalue weighted by Gasteiger charge is -2.21. The molecule has 2 aromatic heterocycles. The van der Waals surface area contributed by atoms with Gasteiger partial charge in [0.15, 0.2) is 5.01 Å². The minimum absolute atomic E-state index is 0.0286. The molecule has 3 aliphatic rings. The molecule has 5 aromatic rings. The van der Waals surface area contributed by atoms with E-state index in [4.69, 9.17) is 66.7 Å². The maximum absolute atomic E-state index is 14.4. The first-order valence-corrected chi connectivity index (χ1v) is 23.8. The van der Waals surface area contributed by atoms with Crippen LogP contribution in [0.2, 0.25) is 0 Å². The number of nitrogen functional groups attached to an aromatic ring is 2. The van der Waals surface area contributed by atoms with Crippen LogP contribution < -0.4 is 47.2 Å². The molecule has 0 bridgehead atoms. The Morgan fingerprint density at radius 3 is 1.47 bits per heavy atom. The van der Waals surface area contributed by atoms with Crippen molar-refractivity contribution in [1.82, 2.24) is 36.3 Å². The number of nitrogens with one attached hydrogen (secondary N) is 3. The predicted molar refractivity (Wildman–Crippen MR) is 276 cm³/mol. The van der Waals surface area contributed by atoms with Gasteiger partial charge in [-0.05, 0) is 75.4 Å². The summed E-state index contributed by atoms with van der Waals surface area (Å²) in [5.41, 5.74) is 12.2. The fourth-order valence-electron chi connectivity index (χ4n) is 6.84. The third kappa shape index (κ3) is 15.1. The lowest BCUT2D eigenvalue weighted by atomic mass is 10.1. The number of ether oxygens (including phenoxy) is 3. The van der Waals surface area contributed by atoms with Crippen LogP contribution in [0.1, 0.15) is 26.3 Å². The molecule has 3 amide bonds. The molecule has 3 aromatic carbocycles. The summed E-state index contributed by atoms with van der Waals surface area (Å²) < 4.78 is 63.7. The molecule has 22 nitrogen and oxygen atoms in total. The second-order valence-corrected chi connectivity index (χ2v) is 19.7. The Labute approximate surface area is 436 Å². The van der Waals surface area contributed by atoms with Crippen molar-refractivity contribution >= 4 is 115 Å². The molecule has 0 aliphatic carbocycles. The Bertz CT molecular complexity index is 2790. The lowest BCUT2D eigenvalue weighted by Crippen LogP contribution is -2.34. The highest BCUT2D eigenvalue weighted by molar-refractivity contribution is 7.80. The maximum Gasteiger partial charge on any atom is 0.414 e. The first-order valence-electron chi connectivity index (χ1n) is 21.8. The van der Waals surface area contributed by atoms with Crippen LogP contribution in [0.25, 0.3) is 22.0 Å². The van der Waals surface area contributed by atoms with Gasteiger partial charge in [-0.1, -0.05) is 58.2 Å². The van der Waals surface area contributed by atoms with E-state index >= 15 is 0 Å². The van der Waals surface area contributed by atoms with E-state index in [1.54, 1.807) is 60.1 Å². The molecule has 3 saturated heterocycles. The molecule has 0 unspecified atom stereocenters. The number of aromatic nitrogens is 4. The number of cyclic esters (lactones) is 3. The number of nitrogens with zero attached hydrogens (tertiary/aromatic N) is 9. The van der Waals surface area contributed by atoms with Gasteiger partial charge in [0.1, 0.15) is 35.8 Å². The number of rotatable bonds is 13. The van der Waals surface area contributed by atoms with E-state index in [0.29, 0.717) is 69.8 Å². The third-order valence-corrected chi connectivity index (χ3v) is 11.3. The number of quaternary nitrogens is 1. The number of anilines is 5. The summed E-state index contributed by atoms with van der Waals surface area (Å²) in [5, 5.41) is 40.0. The zero-order valence-corrected chi connectivity index (χ0v) is 43.1. The normalized spacial score (nSPS) is 17.4. The van der Waals surface area contributed by atoms with Crippen molar-refractivity contribution in [3.8, 4) is 22.0 Å². The fraction of sp³-hybridized carbons (Fsp3) is 0.341. The van der Waals surface area contributed by atoms with Gasteiger partial charge >= 0.3 is 24.3 Å². The van der Waals surface area contributed by atoms with Crippen LogP contribution in [0.15, 0.2) is 64.1 Å². The molecule has 0 spiro atoms. The molecule has 3 fully saturated rings. The van der Waals surface area contributed by atoms with Crippen LogP contribution >= 0.6 is 48.0 Å². The Balaban J connectivity index is 0.000000179. The summed E-state index contributed by atoms with van der Waals surface area (Å²) in [6.07, 6.45) is -2.73. The number of thiocarbonyl (C=S) groups is 3. The van der Waals surface area contributed by atoms with E-state index < -0.39 is 41.6 Å². The largest absolute Gasteiger partial charge is 0.854 e. The van der Waals surface area contributed by atoms with Gasteiger partial charge in [-0.3, -0.25) is 14.7 Å². The molecular weight excluding hydrogens is 1040 g/mol. The molecular formula is C44H49F3N14O8S4. The van der Waals surface area contributed by atoms with Crippen LogP contribution in [0.4, 0.5) is 55.8 Å². The summed E-state index contributed by atoms with van der Waals surface area (Å²) in [4.78, 5) is 41.8. The van der Waals surface area contributed by atoms with E-state index in [1.165, 1.54) is 45.0 Å². The van der Waals surface area contributed by atoms with Gasteiger partial charge in [0.05, 0.1) is 104 Å².